The molecule has 1 saturated heterocycles. The third-order valence-electron chi connectivity index (χ3n) is 5.51. The topological polar surface area (TPSA) is 43.9 Å². The van der Waals surface area contributed by atoms with E-state index >= 15 is 0 Å². The number of likely N-dealkylation sites (N-methyl/N-ethyl adjacent to an activating group) is 1. The summed E-state index contributed by atoms with van der Waals surface area (Å²) in [6.07, 6.45) is 3.54. The number of benzene rings is 1. The van der Waals surface area contributed by atoms with Crippen molar-refractivity contribution in [1.29, 1.82) is 0 Å². The van der Waals surface area contributed by atoms with Gasteiger partial charge in [0.15, 0.2) is 0 Å². The molecule has 2 aliphatic heterocycles. The number of aryl methyl sites for hydroxylation is 1. The zero-order chi connectivity index (χ0) is 16.7. The van der Waals surface area contributed by atoms with Gasteiger partial charge in [-0.25, -0.2) is 0 Å². The van der Waals surface area contributed by atoms with E-state index < -0.39 is 0 Å². The minimum absolute atomic E-state index is 0.124. The number of anilines is 1. The molecule has 0 N–H and O–H groups in total. The Labute approximate surface area is 143 Å². The number of hydrogen-bond donors (Lipinski definition) is 0. The van der Waals surface area contributed by atoms with Gasteiger partial charge in [0.05, 0.1) is 0 Å². The van der Waals surface area contributed by atoms with Crippen molar-refractivity contribution in [2.75, 3.05) is 38.1 Å². The Morgan fingerprint density at radius 1 is 0.958 bits per heavy atom. The quantitative estimate of drug-likeness (QED) is 0.827. The van der Waals surface area contributed by atoms with Gasteiger partial charge in [-0.05, 0) is 44.4 Å². The van der Waals surface area contributed by atoms with Crippen molar-refractivity contribution in [3.05, 3.63) is 29.8 Å². The van der Waals surface area contributed by atoms with Gasteiger partial charge in [-0.15, -0.1) is 0 Å². The molecule has 5 nitrogen and oxygen atoms in total. The first-order chi connectivity index (χ1) is 11.6. The summed E-state index contributed by atoms with van der Waals surface area (Å²) in [5.41, 5.74) is 2.14. The highest BCUT2D eigenvalue weighted by atomic mass is 16.2. The Balaban J connectivity index is 1.61. The molecule has 0 radical (unpaired) electrons. The van der Waals surface area contributed by atoms with Crippen LogP contribution in [0.2, 0.25) is 0 Å². The second-order valence-corrected chi connectivity index (χ2v) is 7.29. The molecule has 1 unspecified atom stereocenters. The Morgan fingerprint density at radius 3 is 2.38 bits per heavy atom. The van der Waals surface area contributed by atoms with E-state index in [1.165, 1.54) is 5.56 Å². The maximum Gasteiger partial charge on any atom is 0.245 e. The lowest BCUT2D eigenvalue weighted by atomic mass is 9.94. The summed E-state index contributed by atoms with van der Waals surface area (Å²) < 4.78 is 0. The van der Waals surface area contributed by atoms with Gasteiger partial charge in [0.25, 0.3) is 0 Å². The lowest BCUT2D eigenvalue weighted by Gasteiger charge is -2.41. The molecule has 1 atom stereocenters. The minimum atomic E-state index is -0.323. The van der Waals surface area contributed by atoms with Gasteiger partial charge < -0.3 is 9.80 Å². The van der Waals surface area contributed by atoms with E-state index in [1.807, 2.05) is 28.0 Å². The molecule has 128 valence electrons. The molecule has 1 aromatic carbocycles. The summed E-state index contributed by atoms with van der Waals surface area (Å²) >= 11 is 0. The number of piperazine rings is 1. The first kappa shape index (κ1) is 15.6. The van der Waals surface area contributed by atoms with Crippen molar-refractivity contribution in [2.45, 2.75) is 31.7 Å². The van der Waals surface area contributed by atoms with E-state index in [-0.39, 0.29) is 23.8 Å². The van der Waals surface area contributed by atoms with Crippen LogP contribution < -0.4 is 4.90 Å². The van der Waals surface area contributed by atoms with Gasteiger partial charge in [-0.3, -0.25) is 14.5 Å². The summed E-state index contributed by atoms with van der Waals surface area (Å²) in [4.78, 5) is 32.1. The van der Waals surface area contributed by atoms with Gasteiger partial charge in [0.2, 0.25) is 11.8 Å². The predicted octanol–water partition coefficient (Wildman–Crippen LogP) is 1.52. The van der Waals surface area contributed by atoms with Gasteiger partial charge in [0.1, 0.15) is 6.04 Å². The number of fused-ring (bicyclic) bond motifs is 1. The van der Waals surface area contributed by atoms with Gasteiger partial charge in [0, 0.05) is 37.8 Å². The lowest BCUT2D eigenvalue weighted by Crippen LogP contribution is -2.57. The zero-order valence-electron chi connectivity index (χ0n) is 14.3. The van der Waals surface area contributed by atoms with Crippen LogP contribution >= 0.6 is 0 Å². The molecule has 4 rings (SSSR count). The summed E-state index contributed by atoms with van der Waals surface area (Å²) in [5.74, 6) is 0.403. The highest BCUT2D eigenvalue weighted by molar-refractivity contribution is 6.03. The van der Waals surface area contributed by atoms with Crippen LogP contribution in [0, 0.1) is 5.92 Å². The van der Waals surface area contributed by atoms with Gasteiger partial charge in [-0.2, -0.15) is 0 Å². The molecule has 0 aromatic heterocycles. The molecular formula is C19H25N3O2. The zero-order valence-corrected chi connectivity index (χ0v) is 14.3. The second kappa shape index (κ2) is 6.20. The maximum absolute atomic E-state index is 13.1. The first-order valence-corrected chi connectivity index (χ1v) is 9.03. The van der Waals surface area contributed by atoms with E-state index in [4.69, 9.17) is 0 Å². The number of nitrogens with zero attached hydrogens (tertiary/aromatic N) is 3. The van der Waals surface area contributed by atoms with E-state index in [2.05, 4.69) is 18.0 Å². The molecule has 1 saturated carbocycles. The van der Waals surface area contributed by atoms with Crippen LogP contribution in [0.4, 0.5) is 5.69 Å². The van der Waals surface area contributed by atoms with E-state index in [0.717, 1.165) is 57.5 Å². The molecule has 2 amide bonds. The van der Waals surface area contributed by atoms with Crippen molar-refractivity contribution in [1.82, 2.24) is 9.80 Å². The normalized spacial score (nSPS) is 24.6. The molecule has 3 aliphatic rings. The maximum atomic E-state index is 13.1. The molecule has 2 fully saturated rings. The number of para-hydroxylation sites is 1. The first-order valence-electron chi connectivity index (χ1n) is 9.03. The number of rotatable bonds is 2. The molecular weight excluding hydrogens is 302 g/mol. The number of carbonyl (C=O) groups excluding carboxylic acids is 2. The van der Waals surface area contributed by atoms with E-state index in [1.54, 1.807) is 0 Å². The summed E-state index contributed by atoms with van der Waals surface area (Å²) in [5, 5.41) is 0. The molecule has 1 aromatic rings. The molecule has 24 heavy (non-hydrogen) atoms. The largest absolute Gasteiger partial charge is 0.338 e. The highest BCUT2D eigenvalue weighted by Gasteiger charge is 2.43. The fourth-order valence-electron chi connectivity index (χ4n) is 3.82. The van der Waals surface area contributed by atoms with Gasteiger partial charge >= 0.3 is 0 Å². The molecule has 0 bridgehead atoms. The Morgan fingerprint density at radius 2 is 1.67 bits per heavy atom. The molecule has 0 spiro atoms. The van der Waals surface area contributed by atoms with E-state index in [0.29, 0.717) is 0 Å². The van der Waals surface area contributed by atoms with Crippen LogP contribution in [-0.2, 0) is 16.0 Å². The van der Waals surface area contributed by atoms with Crippen LogP contribution in [0.15, 0.2) is 24.3 Å². The van der Waals surface area contributed by atoms with Crippen LogP contribution in [-0.4, -0.2) is 60.9 Å². The Bertz CT molecular complexity index is 648. The van der Waals surface area contributed by atoms with Crippen molar-refractivity contribution < 1.29 is 9.59 Å². The number of hydrogen-bond acceptors (Lipinski definition) is 3. The summed E-state index contributed by atoms with van der Waals surface area (Å²) in [6.45, 7) is 3.34. The van der Waals surface area contributed by atoms with Crippen molar-refractivity contribution in [3.63, 3.8) is 0 Å². The third kappa shape index (κ3) is 2.81. The smallest absolute Gasteiger partial charge is 0.245 e. The Kier molecular flexibility index (Phi) is 4.04. The van der Waals surface area contributed by atoms with Crippen LogP contribution in [0.25, 0.3) is 0 Å². The predicted molar refractivity (Wildman–Crippen MR) is 92.8 cm³/mol. The number of carbonyl (C=O) groups is 2. The van der Waals surface area contributed by atoms with Crippen LogP contribution in [0.3, 0.4) is 0 Å². The lowest BCUT2D eigenvalue weighted by molar-refractivity contribution is -0.136. The second-order valence-electron chi connectivity index (χ2n) is 7.29. The fourth-order valence-corrected chi connectivity index (χ4v) is 3.82. The summed E-state index contributed by atoms with van der Waals surface area (Å²) in [7, 11) is 2.08. The monoisotopic (exact) mass is 327 g/mol. The van der Waals surface area contributed by atoms with E-state index in [9.17, 15) is 9.59 Å². The van der Waals surface area contributed by atoms with Crippen LogP contribution in [0.1, 0.15) is 24.8 Å². The molecule has 1 aliphatic carbocycles. The summed E-state index contributed by atoms with van der Waals surface area (Å²) in [6, 6.07) is 7.74. The highest BCUT2D eigenvalue weighted by Crippen LogP contribution is 2.38. The van der Waals surface area contributed by atoms with Crippen molar-refractivity contribution in [2.24, 2.45) is 5.92 Å². The average Bonchev–Trinajstić information content (AvgIpc) is 3.45. The van der Waals surface area contributed by atoms with Crippen LogP contribution in [0.5, 0.6) is 0 Å². The number of amides is 2. The third-order valence-corrected chi connectivity index (χ3v) is 5.51. The van der Waals surface area contributed by atoms with Gasteiger partial charge in [-0.1, -0.05) is 18.2 Å². The fraction of sp³-hybridized carbons (Fsp3) is 0.579. The standard InChI is InChI=1S/C19H25N3O2/c1-20-10-12-21(13-11-20)19(24)17-9-8-14-4-2-3-5-16(14)22(17)18(23)15-6-7-15/h2-5,15,17H,6-13H2,1H3. The van der Waals surface area contributed by atoms with Crippen molar-refractivity contribution in [3.8, 4) is 0 Å². The van der Waals surface area contributed by atoms with Crippen molar-refractivity contribution >= 4 is 17.5 Å². The molecule has 2 heterocycles. The molecule has 5 heteroatoms. The minimum Gasteiger partial charge on any atom is -0.338 e. The Hall–Kier alpha value is -1.88. The SMILES string of the molecule is CN1CCN(C(=O)C2CCc3ccccc3N2C(=O)C2CC2)CC1. The average molecular weight is 327 g/mol.